The quantitative estimate of drug-likeness (QED) is 0.602. The summed E-state index contributed by atoms with van der Waals surface area (Å²) >= 11 is 2.70. The van der Waals surface area contributed by atoms with Gasteiger partial charge in [0.2, 0.25) is 0 Å². The van der Waals surface area contributed by atoms with Crippen molar-refractivity contribution in [2.75, 3.05) is 33.2 Å². The largest absolute Gasteiger partial charge is 0.467 e. The van der Waals surface area contributed by atoms with Crippen LogP contribution in [0.4, 0.5) is 0 Å². The topological polar surface area (TPSA) is 82.5 Å². The first-order chi connectivity index (χ1) is 14.6. The molecule has 3 aromatic heterocycles. The third-order valence-corrected chi connectivity index (χ3v) is 6.90. The summed E-state index contributed by atoms with van der Waals surface area (Å²) in [5, 5.41) is 11.8. The van der Waals surface area contributed by atoms with Gasteiger partial charge in [0.25, 0.3) is 11.5 Å². The Hall–Kier alpha value is -2.93. The fourth-order valence-corrected chi connectivity index (χ4v) is 5.08. The number of piperazine rings is 1. The highest BCUT2D eigenvalue weighted by Crippen LogP contribution is 2.10. The lowest BCUT2D eigenvalue weighted by atomic mass is 10.2. The van der Waals surface area contributed by atoms with Crippen molar-refractivity contribution in [1.82, 2.24) is 14.4 Å². The molecule has 3 aromatic rings. The average molecular weight is 441 g/mol. The van der Waals surface area contributed by atoms with E-state index in [0.717, 1.165) is 18.0 Å². The Bertz CT molecular complexity index is 1240. The number of furan rings is 1. The number of carbonyl (C=O) groups is 1. The maximum Gasteiger partial charge on any atom is 0.269 e. The number of aromatic nitrogens is 1. The van der Waals surface area contributed by atoms with E-state index in [2.05, 4.69) is 11.0 Å². The van der Waals surface area contributed by atoms with Gasteiger partial charge in [0, 0.05) is 31.1 Å². The second-order valence-electron chi connectivity index (χ2n) is 6.98. The molecule has 0 radical (unpaired) electrons. The second-order valence-corrected chi connectivity index (χ2v) is 8.99. The second kappa shape index (κ2) is 8.83. The van der Waals surface area contributed by atoms with Crippen molar-refractivity contribution < 1.29 is 9.21 Å². The Labute approximate surface area is 181 Å². The van der Waals surface area contributed by atoms with Gasteiger partial charge in [0.15, 0.2) is 5.57 Å². The minimum absolute atomic E-state index is 0.000890. The zero-order valence-corrected chi connectivity index (χ0v) is 18.0. The van der Waals surface area contributed by atoms with E-state index >= 15 is 0 Å². The highest BCUT2D eigenvalue weighted by molar-refractivity contribution is 7.11. The molecule has 30 heavy (non-hydrogen) atoms. The van der Waals surface area contributed by atoms with Gasteiger partial charge in [-0.15, -0.1) is 22.7 Å². The van der Waals surface area contributed by atoms with Crippen LogP contribution in [0.25, 0.3) is 11.6 Å². The molecule has 1 fully saturated rings. The number of thiazole rings is 1. The molecule has 0 saturated carbocycles. The molecule has 0 aliphatic carbocycles. The maximum atomic E-state index is 13.2. The van der Waals surface area contributed by atoms with Gasteiger partial charge >= 0.3 is 0 Å². The van der Waals surface area contributed by atoms with E-state index in [9.17, 15) is 14.9 Å². The minimum Gasteiger partial charge on any atom is -0.467 e. The first-order valence-electron chi connectivity index (χ1n) is 9.46. The first kappa shape index (κ1) is 20.3. The van der Waals surface area contributed by atoms with Gasteiger partial charge < -0.3 is 14.2 Å². The predicted octanol–water partition coefficient (Wildman–Crippen LogP) is 0.890. The molecule has 1 saturated heterocycles. The molecule has 1 aliphatic rings. The van der Waals surface area contributed by atoms with Gasteiger partial charge in [0.05, 0.1) is 17.3 Å². The van der Waals surface area contributed by atoms with Gasteiger partial charge in [0.1, 0.15) is 16.5 Å². The smallest absolute Gasteiger partial charge is 0.269 e. The van der Waals surface area contributed by atoms with E-state index in [1.165, 1.54) is 33.5 Å². The lowest BCUT2D eigenvalue weighted by Crippen LogP contribution is -2.48. The molecule has 0 atom stereocenters. The molecule has 154 valence electrons. The van der Waals surface area contributed by atoms with Crippen LogP contribution in [-0.2, 0) is 11.3 Å². The Morgan fingerprint density at radius 1 is 1.27 bits per heavy atom. The van der Waals surface area contributed by atoms with E-state index in [1.807, 2.05) is 24.6 Å². The summed E-state index contributed by atoms with van der Waals surface area (Å²) in [6.07, 6.45) is 3.34. The Kier molecular flexibility index (Phi) is 5.99. The van der Waals surface area contributed by atoms with Crippen molar-refractivity contribution in [2.24, 2.45) is 0 Å². The van der Waals surface area contributed by atoms with Gasteiger partial charge in [-0.2, -0.15) is 5.26 Å². The third kappa shape index (κ3) is 4.16. The van der Waals surface area contributed by atoms with Crippen molar-refractivity contribution in [3.05, 3.63) is 66.1 Å². The number of carbonyl (C=O) groups excluding carboxylic acids is 1. The molecule has 9 heteroatoms. The van der Waals surface area contributed by atoms with Crippen LogP contribution in [0.15, 0.2) is 45.1 Å². The number of amides is 1. The van der Waals surface area contributed by atoms with E-state index in [4.69, 9.17) is 4.42 Å². The number of rotatable bonds is 4. The van der Waals surface area contributed by atoms with Crippen LogP contribution in [0.3, 0.4) is 0 Å². The summed E-state index contributed by atoms with van der Waals surface area (Å²) in [7, 11) is 2.00. The molecule has 1 aliphatic heterocycles. The molecule has 0 bridgehead atoms. The van der Waals surface area contributed by atoms with Crippen LogP contribution in [0.2, 0.25) is 0 Å². The molecule has 4 heterocycles. The minimum atomic E-state index is -0.331. The van der Waals surface area contributed by atoms with Gasteiger partial charge in [-0.25, -0.2) is 0 Å². The molecule has 0 spiro atoms. The normalized spacial score (nSPS) is 16.5. The summed E-state index contributed by atoms with van der Waals surface area (Å²) in [5.41, 5.74) is -0.238. The molecule has 0 aromatic carbocycles. The van der Waals surface area contributed by atoms with Crippen molar-refractivity contribution in [1.29, 1.82) is 5.26 Å². The molecule has 4 rings (SSSR count). The highest BCUT2D eigenvalue weighted by Gasteiger charge is 2.24. The van der Waals surface area contributed by atoms with Crippen molar-refractivity contribution >= 4 is 40.2 Å². The average Bonchev–Trinajstić information content (AvgIpc) is 3.50. The van der Waals surface area contributed by atoms with Crippen LogP contribution in [0, 0.1) is 11.3 Å². The lowest BCUT2D eigenvalue weighted by molar-refractivity contribution is -0.126. The predicted molar refractivity (Wildman–Crippen MR) is 117 cm³/mol. The van der Waals surface area contributed by atoms with Crippen LogP contribution in [0.1, 0.15) is 10.6 Å². The zero-order chi connectivity index (χ0) is 21.1. The van der Waals surface area contributed by atoms with E-state index in [-0.39, 0.29) is 23.6 Å². The van der Waals surface area contributed by atoms with E-state index < -0.39 is 0 Å². The molecular weight excluding hydrogens is 420 g/mol. The van der Waals surface area contributed by atoms with Crippen LogP contribution < -0.4 is 14.8 Å². The lowest BCUT2D eigenvalue weighted by Gasteiger charge is -2.32. The molecular formula is C21H20N4O3S2. The van der Waals surface area contributed by atoms with Crippen molar-refractivity contribution in [2.45, 2.75) is 6.54 Å². The zero-order valence-electron chi connectivity index (χ0n) is 16.4. The summed E-state index contributed by atoms with van der Waals surface area (Å²) in [6.45, 7) is 2.79. The first-order valence-corrected chi connectivity index (χ1v) is 11.2. The number of likely N-dealkylation sites (N-methyl/N-ethyl adjacent to an activating group) is 1. The Morgan fingerprint density at radius 3 is 2.70 bits per heavy atom. The molecule has 0 N–H and O–H groups in total. The van der Waals surface area contributed by atoms with Crippen molar-refractivity contribution in [3.63, 3.8) is 0 Å². The van der Waals surface area contributed by atoms with Crippen molar-refractivity contribution in [3.8, 4) is 6.07 Å². The van der Waals surface area contributed by atoms with Gasteiger partial charge in [-0.3, -0.25) is 14.2 Å². The summed E-state index contributed by atoms with van der Waals surface area (Å²) in [5.74, 6) is 0.255. The SMILES string of the molecule is CN1CCN(C(=O)/C(C#N)=c2/s/c(=C/c3cccs3)c(=O)n2Cc2ccco2)CC1. The number of hydrogen-bond donors (Lipinski definition) is 0. The van der Waals surface area contributed by atoms with Gasteiger partial charge in [-0.1, -0.05) is 6.07 Å². The summed E-state index contributed by atoms with van der Waals surface area (Å²) in [6, 6.07) is 9.42. The number of nitriles is 1. The number of hydrogen-bond acceptors (Lipinski definition) is 7. The number of nitrogens with zero attached hydrogens (tertiary/aromatic N) is 4. The van der Waals surface area contributed by atoms with E-state index in [1.54, 1.807) is 23.1 Å². The summed E-state index contributed by atoms with van der Waals surface area (Å²) < 4.78 is 7.73. The van der Waals surface area contributed by atoms with E-state index in [0.29, 0.717) is 28.0 Å². The fraction of sp³-hybridized carbons (Fsp3) is 0.286. The van der Waals surface area contributed by atoms with Crippen LogP contribution in [-0.4, -0.2) is 53.5 Å². The highest BCUT2D eigenvalue weighted by atomic mass is 32.1. The Morgan fingerprint density at radius 2 is 2.07 bits per heavy atom. The third-order valence-electron chi connectivity index (χ3n) is 4.95. The molecule has 1 amide bonds. The monoisotopic (exact) mass is 440 g/mol. The van der Waals surface area contributed by atoms with Gasteiger partial charge in [-0.05, 0) is 36.7 Å². The summed E-state index contributed by atoms with van der Waals surface area (Å²) in [4.78, 5) is 31.1. The Balaban J connectivity index is 1.86. The molecule has 7 nitrogen and oxygen atoms in total. The number of thiophene rings is 1. The maximum absolute atomic E-state index is 13.2. The molecule has 0 unspecified atom stereocenters. The fourth-order valence-electron chi connectivity index (χ4n) is 3.26. The van der Waals surface area contributed by atoms with Crippen LogP contribution >= 0.6 is 22.7 Å². The standard InChI is InChI=1S/C21H20N4O3S2/c1-23-6-8-24(9-7-23)19(26)17(13-22)21-25(14-15-4-2-10-28-15)20(27)18(30-21)12-16-5-3-11-29-16/h2-5,10-12H,6-9,14H2,1H3/b18-12+,21-17+. The van der Waals surface area contributed by atoms with Crippen LogP contribution in [0.5, 0.6) is 0 Å².